The molecular weight excluding hydrogens is 224 g/mol. The minimum atomic E-state index is -0.105. The van der Waals surface area contributed by atoms with Gasteiger partial charge in [-0.3, -0.25) is 4.79 Å². The summed E-state index contributed by atoms with van der Waals surface area (Å²) in [5.41, 5.74) is 5.77. The molecule has 18 heavy (non-hydrogen) atoms. The maximum absolute atomic E-state index is 12.8. The first-order valence-corrected chi connectivity index (χ1v) is 7.58. The first-order valence-electron chi connectivity index (χ1n) is 7.58. The number of piperidine rings is 1. The Balaban J connectivity index is 2.06. The lowest BCUT2D eigenvalue weighted by atomic mass is 9.74. The van der Waals surface area contributed by atoms with Gasteiger partial charge < -0.3 is 10.6 Å². The summed E-state index contributed by atoms with van der Waals surface area (Å²) in [5, 5.41) is 0. The van der Waals surface area contributed by atoms with Gasteiger partial charge in [0.15, 0.2) is 0 Å². The summed E-state index contributed by atoms with van der Waals surface area (Å²) in [7, 11) is 0. The number of carbonyl (C=O) groups excluding carboxylic acids is 1. The van der Waals surface area contributed by atoms with Crippen molar-refractivity contribution in [2.75, 3.05) is 13.1 Å². The predicted octanol–water partition coefficient (Wildman–Crippen LogP) is 2.54. The van der Waals surface area contributed by atoms with Crippen LogP contribution in [-0.2, 0) is 4.79 Å². The lowest BCUT2D eigenvalue weighted by Crippen LogP contribution is -2.54. The van der Waals surface area contributed by atoms with Gasteiger partial charge in [0.2, 0.25) is 5.91 Å². The Morgan fingerprint density at radius 2 is 2.00 bits per heavy atom. The van der Waals surface area contributed by atoms with Crippen LogP contribution < -0.4 is 5.73 Å². The van der Waals surface area contributed by atoms with Crippen LogP contribution in [0.5, 0.6) is 0 Å². The number of amides is 1. The van der Waals surface area contributed by atoms with Crippen LogP contribution in [0.4, 0.5) is 0 Å². The summed E-state index contributed by atoms with van der Waals surface area (Å²) in [6.07, 6.45) is 8.06. The second kappa shape index (κ2) is 5.60. The van der Waals surface area contributed by atoms with Gasteiger partial charge in [-0.2, -0.15) is 0 Å². The van der Waals surface area contributed by atoms with Crippen molar-refractivity contribution in [1.29, 1.82) is 0 Å². The summed E-state index contributed by atoms with van der Waals surface area (Å²) in [4.78, 5) is 14.9. The van der Waals surface area contributed by atoms with Gasteiger partial charge >= 0.3 is 0 Å². The molecule has 1 aliphatic heterocycles. The van der Waals surface area contributed by atoms with Gasteiger partial charge in [-0.1, -0.05) is 33.1 Å². The van der Waals surface area contributed by atoms with E-state index in [0.29, 0.717) is 18.4 Å². The molecule has 0 bridgehead atoms. The van der Waals surface area contributed by atoms with Crippen molar-refractivity contribution in [3.05, 3.63) is 0 Å². The van der Waals surface area contributed by atoms with E-state index in [9.17, 15) is 4.79 Å². The second-order valence-electron chi connectivity index (χ2n) is 6.64. The van der Waals surface area contributed by atoms with E-state index in [0.717, 1.165) is 32.2 Å². The molecule has 2 aliphatic rings. The molecule has 1 heterocycles. The summed E-state index contributed by atoms with van der Waals surface area (Å²) in [6, 6.07) is 0.278. The second-order valence-corrected chi connectivity index (χ2v) is 6.64. The van der Waals surface area contributed by atoms with Gasteiger partial charge in [-0.15, -0.1) is 0 Å². The highest BCUT2D eigenvalue weighted by molar-refractivity contribution is 5.82. The third-order valence-electron chi connectivity index (χ3n) is 4.98. The molecule has 0 aromatic rings. The van der Waals surface area contributed by atoms with Gasteiger partial charge in [0.1, 0.15) is 0 Å². The van der Waals surface area contributed by atoms with Crippen LogP contribution in [0.25, 0.3) is 0 Å². The van der Waals surface area contributed by atoms with Crippen molar-refractivity contribution in [3.8, 4) is 0 Å². The Hall–Kier alpha value is -0.570. The first-order chi connectivity index (χ1) is 8.57. The van der Waals surface area contributed by atoms with Crippen molar-refractivity contribution >= 4 is 5.91 Å². The molecule has 104 valence electrons. The van der Waals surface area contributed by atoms with Crippen LogP contribution in [0, 0.1) is 11.3 Å². The molecular formula is C15H28N2O. The number of nitrogens with two attached hydrogens (primary N) is 1. The van der Waals surface area contributed by atoms with E-state index in [1.807, 2.05) is 0 Å². The van der Waals surface area contributed by atoms with Crippen molar-refractivity contribution in [1.82, 2.24) is 4.90 Å². The van der Waals surface area contributed by atoms with Crippen LogP contribution in [0.3, 0.4) is 0 Å². The van der Waals surface area contributed by atoms with Crippen LogP contribution in [0.1, 0.15) is 58.8 Å². The summed E-state index contributed by atoms with van der Waals surface area (Å²) in [6.45, 7) is 5.97. The quantitative estimate of drug-likeness (QED) is 0.821. The van der Waals surface area contributed by atoms with E-state index in [-0.39, 0.29) is 11.5 Å². The molecule has 1 aliphatic carbocycles. The average molecular weight is 252 g/mol. The highest BCUT2D eigenvalue weighted by atomic mass is 16.2. The Bertz CT molecular complexity index is 297. The molecule has 2 fully saturated rings. The fourth-order valence-electron chi connectivity index (χ4n) is 3.64. The van der Waals surface area contributed by atoms with Crippen molar-refractivity contribution in [2.24, 2.45) is 17.1 Å². The van der Waals surface area contributed by atoms with E-state index < -0.39 is 0 Å². The maximum Gasteiger partial charge on any atom is 0.228 e. The van der Waals surface area contributed by atoms with Crippen LogP contribution in [0.2, 0.25) is 0 Å². The molecule has 1 amide bonds. The molecule has 0 aromatic heterocycles. The van der Waals surface area contributed by atoms with E-state index in [1.165, 1.54) is 19.3 Å². The first kappa shape index (κ1) is 13.9. The molecule has 1 saturated heterocycles. The fraction of sp³-hybridized carbons (Fsp3) is 0.933. The van der Waals surface area contributed by atoms with Gasteiger partial charge in [0, 0.05) is 24.5 Å². The van der Waals surface area contributed by atoms with Crippen LogP contribution in [-0.4, -0.2) is 29.9 Å². The highest BCUT2D eigenvalue weighted by Crippen LogP contribution is 2.39. The minimum Gasteiger partial charge on any atom is -0.338 e. The molecule has 0 spiro atoms. The smallest absolute Gasteiger partial charge is 0.228 e. The number of hydrogen-bond acceptors (Lipinski definition) is 2. The Morgan fingerprint density at radius 3 is 2.61 bits per heavy atom. The summed E-state index contributed by atoms with van der Waals surface area (Å²) in [5.74, 6) is 1.09. The average Bonchev–Trinajstić information content (AvgIpc) is 2.38. The van der Waals surface area contributed by atoms with E-state index >= 15 is 0 Å². The molecule has 3 heteroatoms. The molecule has 3 nitrogen and oxygen atoms in total. The van der Waals surface area contributed by atoms with Gasteiger partial charge in [-0.05, 0) is 31.6 Å². The monoisotopic (exact) mass is 252 g/mol. The lowest BCUT2D eigenvalue weighted by molar-refractivity contribution is -0.147. The van der Waals surface area contributed by atoms with Crippen molar-refractivity contribution < 1.29 is 4.79 Å². The summed E-state index contributed by atoms with van der Waals surface area (Å²) < 4.78 is 0. The fourth-order valence-corrected chi connectivity index (χ4v) is 3.64. The standard InChI is InChI=1S/C15H28N2O/c1-12-6-9-17(13(10-12)11-16)14(18)15(2)7-4-3-5-8-15/h12-13H,3-11,16H2,1-2H3. The largest absolute Gasteiger partial charge is 0.338 e. The van der Waals surface area contributed by atoms with E-state index in [4.69, 9.17) is 5.73 Å². The molecule has 2 rings (SSSR count). The zero-order valence-corrected chi connectivity index (χ0v) is 12.0. The summed E-state index contributed by atoms with van der Waals surface area (Å²) >= 11 is 0. The molecule has 1 saturated carbocycles. The number of likely N-dealkylation sites (tertiary alicyclic amines) is 1. The lowest BCUT2D eigenvalue weighted by Gasteiger charge is -2.44. The topological polar surface area (TPSA) is 46.3 Å². The molecule has 2 N–H and O–H groups in total. The maximum atomic E-state index is 12.8. The van der Waals surface area contributed by atoms with Crippen molar-refractivity contribution in [3.63, 3.8) is 0 Å². The number of carbonyl (C=O) groups is 1. The van der Waals surface area contributed by atoms with Crippen LogP contribution in [0.15, 0.2) is 0 Å². The van der Waals surface area contributed by atoms with Gasteiger partial charge in [0.25, 0.3) is 0 Å². The Morgan fingerprint density at radius 1 is 1.33 bits per heavy atom. The number of hydrogen-bond donors (Lipinski definition) is 1. The number of rotatable bonds is 2. The molecule has 2 atom stereocenters. The van der Waals surface area contributed by atoms with Gasteiger partial charge in [-0.25, -0.2) is 0 Å². The molecule has 0 aromatic carbocycles. The normalized spacial score (nSPS) is 32.3. The van der Waals surface area contributed by atoms with E-state index in [2.05, 4.69) is 18.7 Å². The minimum absolute atomic E-state index is 0.105. The molecule has 0 radical (unpaired) electrons. The predicted molar refractivity (Wildman–Crippen MR) is 74.1 cm³/mol. The van der Waals surface area contributed by atoms with E-state index in [1.54, 1.807) is 0 Å². The SMILES string of the molecule is CC1CCN(C(=O)C2(C)CCCCC2)C(CN)C1. The molecule has 2 unspecified atom stereocenters. The highest BCUT2D eigenvalue weighted by Gasteiger charge is 2.40. The third-order valence-corrected chi connectivity index (χ3v) is 4.98. The van der Waals surface area contributed by atoms with Crippen molar-refractivity contribution in [2.45, 2.75) is 64.8 Å². The number of nitrogens with zero attached hydrogens (tertiary/aromatic N) is 1. The third kappa shape index (κ3) is 2.71. The Kier molecular flexibility index (Phi) is 4.31. The Labute approximate surface area is 111 Å². The van der Waals surface area contributed by atoms with Gasteiger partial charge in [0.05, 0.1) is 0 Å². The van der Waals surface area contributed by atoms with Crippen LogP contribution >= 0.6 is 0 Å². The zero-order valence-electron chi connectivity index (χ0n) is 12.0. The zero-order chi connectivity index (χ0) is 13.2.